The molecule has 0 unspecified atom stereocenters. The van der Waals surface area contributed by atoms with Crippen LogP contribution in [0.3, 0.4) is 0 Å². The third kappa shape index (κ3) is 5.70. The minimum atomic E-state index is 0.209. The Morgan fingerprint density at radius 1 is 1.18 bits per heavy atom. The predicted molar refractivity (Wildman–Crippen MR) is 114 cm³/mol. The second-order valence-electron chi connectivity index (χ2n) is 6.68. The van der Waals surface area contributed by atoms with Crippen LogP contribution in [0.15, 0.2) is 47.6 Å². The summed E-state index contributed by atoms with van der Waals surface area (Å²) in [7, 11) is 0. The quantitative estimate of drug-likeness (QED) is 0.426. The fourth-order valence-electron chi connectivity index (χ4n) is 3.09. The van der Waals surface area contributed by atoms with Gasteiger partial charge in [0, 0.05) is 37.9 Å². The fraction of sp³-hybridized carbons (Fsp3) is 0.381. The van der Waals surface area contributed by atoms with Gasteiger partial charge in [-0.2, -0.15) is 0 Å². The second kappa shape index (κ2) is 10.1. The van der Waals surface area contributed by atoms with Gasteiger partial charge in [-0.1, -0.05) is 29.8 Å². The molecule has 1 fully saturated rings. The first-order chi connectivity index (χ1) is 13.7. The number of aliphatic imine (C=N–C) groups is 1. The van der Waals surface area contributed by atoms with Crippen molar-refractivity contribution in [2.24, 2.45) is 4.99 Å². The molecule has 0 bridgehead atoms. The van der Waals surface area contributed by atoms with Gasteiger partial charge in [0.15, 0.2) is 5.96 Å². The van der Waals surface area contributed by atoms with E-state index in [1.165, 1.54) is 0 Å². The van der Waals surface area contributed by atoms with Gasteiger partial charge in [0.05, 0.1) is 6.54 Å². The molecule has 1 aromatic heterocycles. The molecule has 28 heavy (non-hydrogen) atoms. The number of aromatic nitrogens is 1. The zero-order valence-electron chi connectivity index (χ0n) is 16.1. The molecule has 7 heteroatoms. The van der Waals surface area contributed by atoms with E-state index in [9.17, 15) is 4.79 Å². The number of anilines is 1. The van der Waals surface area contributed by atoms with E-state index in [2.05, 4.69) is 20.6 Å². The first-order valence-electron chi connectivity index (χ1n) is 9.67. The van der Waals surface area contributed by atoms with E-state index in [1.54, 1.807) is 12.3 Å². The molecule has 0 spiro atoms. The summed E-state index contributed by atoms with van der Waals surface area (Å²) in [6.07, 6.45) is 4.22. The summed E-state index contributed by atoms with van der Waals surface area (Å²) in [5.74, 6) is 0.989. The molecule has 1 aliphatic rings. The number of hydrogen-bond donors (Lipinski definition) is 2. The van der Waals surface area contributed by atoms with Crippen molar-refractivity contribution in [3.05, 3.63) is 58.9 Å². The molecule has 2 N–H and O–H groups in total. The smallest absolute Gasteiger partial charge is 0.227 e. The van der Waals surface area contributed by atoms with Gasteiger partial charge in [-0.25, -0.2) is 9.98 Å². The summed E-state index contributed by atoms with van der Waals surface area (Å²) in [4.78, 5) is 22.4. The lowest BCUT2D eigenvalue weighted by Gasteiger charge is -2.16. The predicted octanol–water partition coefficient (Wildman–Crippen LogP) is 3.16. The topological polar surface area (TPSA) is 69.6 Å². The molecule has 148 valence electrons. The van der Waals surface area contributed by atoms with E-state index >= 15 is 0 Å². The highest BCUT2D eigenvalue weighted by molar-refractivity contribution is 6.29. The molecule has 2 aromatic rings. The summed E-state index contributed by atoms with van der Waals surface area (Å²) < 4.78 is 0. The van der Waals surface area contributed by atoms with E-state index in [1.807, 2.05) is 42.2 Å². The Bertz CT molecular complexity index is 805. The van der Waals surface area contributed by atoms with Crippen molar-refractivity contribution in [3.63, 3.8) is 0 Å². The second-order valence-corrected chi connectivity index (χ2v) is 7.06. The first-order valence-corrected chi connectivity index (χ1v) is 10.1. The number of hydrogen-bond acceptors (Lipinski definition) is 3. The number of nitrogens with zero attached hydrogens (tertiary/aromatic N) is 3. The highest BCUT2D eigenvalue weighted by Gasteiger charge is 2.21. The van der Waals surface area contributed by atoms with Crippen LogP contribution in [0.4, 0.5) is 5.69 Å². The van der Waals surface area contributed by atoms with Crippen molar-refractivity contribution in [3.8, 4) is 0 Å². The van der Waals surface area contributed by atoms with Gasteiger partial charge in [0.25, 0.3) is 0 Å². The zero-order valence-corrected chi connectivity index (χ0v) is 16.9. The minimum Gasteiger partial charge on any atom is -0.357 e. The minimum absolute atomic E-state index is 0.209. The molecule has 0 atom stereocenters. The van der Waals surface area contributed by atoms with Crippen LogP contribution in [0.2, 0.25) is 5.15 Å². The SMILES string of the molecule is CCNC(=NCc1ccc(N2CCCC2=O)cc1)NCCc1ccc(Cl)nc1. The normalized spacial score (nSPS) is 14.4. The number of rotatable bonds is 7. The molecule has 1 aromatic carbocycles. The van der Waals surface area contributed by atoms with Crippen LogP contribution in [-0.2, 0) is 17.8 Å². The van der Waals surface area contributed by atoms with Crippen LogP contribution in [0.5, 0.6) is 0 Å². The standard InChI is InChI=1S/C21H26ClN5O/c1-2-23-21(24-12-11-17-7-10-19(22)25-14-17)26-15-16-5-8-18(9-6-16)27-13-3-4-20(27)28/h5-10,14H,2-4,11-13,15H2,1H3,(H2,23,24,26). The lowest BCUT2D eigenvalue weighted by molar-refractivity contribution is -0.117. The summed E-state index contributed by atoms with van der Waals surface area (Å²) in [5.41, 5.74) is 3.20. The highest BCUT2D eigenvalue weighted by Crippen LogP contribution is 2.21. The number of carbonyl (C=O) groups is 1. The Kier molecular flexibility index (Phi) is 7.25. The molecule has 3 rings (SSSR count). The van der Waals surface area contributed by atoms with Crippen molar-refractivity contribution >= 4 is 29.2 Å². The van der Waals surface area contributed by atoms with Gasteiger partial charge in [0.2, 0.25) is 5.91 Å². The van der Waals surface area contributed by atoms with Crippen LogP contribution in [0.1, 0.15) is 30.9 Å². The maximum Gasteiger partial charge on any atom is 0.227 e. The summed E-state index contributed by atoms with van der Waals surface area (Å²) in [6.45, 7) is 4.98. The van der Waals surface area contributed by atoms with E-state index in [4.69, 9.17) is 11.6 Å². The average molecular weight is 400 g/mol. The number of nitrogens with one attached hydrogen (secondary N) is 2. The van der Waals surface area contributed by atoms with Gasteiger partial charge >= 0.3 is 0 Å². The Morgan fingerprint density at radius 3 is 2.61 bits per heavy atom. The van der Waals surface area contributed by atoms with E-state index in [0.717, 1.165) is 55.2 Å². The van der Waals surface area contributed by atoms with Gasteiger partial charge < -0.3 is 15.5 Å². The average Bonchev–Trinajstić information content (AvgIpc) is 3.14. The molecular formula is C21H26ClN5O. The van der Waals surface area contributed by atoms with Crippen molar-refractivity contribution in [1.29, 1.82) is 0 Å². The Hall–Kier alpha value is -2.60. The molecule has 0 radical (unpaired) electrons. The van der Waals surface area contributed by atoms with Gasteiger partial charge in [-0.15, -0.1) is 0 Å². The third-order valence-electron chi connectivity index (χ3n) is 4.58. The van der Waals surface area contributed by atoms with Crippen molar-refractivity contribution < 1.29 is 4.79 Å². The maximum absolute atomic E-state index is 11.8. The van der Waals surface area contributed by atoms with Crippen LogP contribution < -0.4 is 15.5 Å². The molecule has 0 saturated carbocycles. The largest absolute Gasteiger partial charge is 0.357 e. The summed E-state index contributed by atoms with van der Waals surface area (Å²) in [5, 5.41) is 7.11. The van der Waals surface area contributed by atoms with Crippen LogP contribution in [0.25, 0.3) is 0 Å². The van der Waals surface area contributed by atoms with Crippen LogP contribution >= 0.6 is 11.6 Å². The molecule has 2 heterocycles. The van der Waals surface area contributed by atoms with Gasteiger partial charge in [-0.05, 0) is 49.1 Å². The summed E-state index contributed by atoms with van der Waals surface area (Å²) in [6, 6.07) is 11.9. The monoisotopic (exact) mass is 399 g/mol. The van der Waals surface area contributed by atoms with E-state index < -0.39 is 0 Å². The van der Waals surface area contributed by atoms with E-state index in [0.29, 0.717) is 18.1 Å². The van der Waals surface area contributed by atoms with Gasteiger partial charge in [0.1, 0.15) is 5.15 Å². The molecule has 1 saturated heterocycles. The number of amides is 1. The number of pyridine rings is 1. The Morgan fingerprint density at radius 2 is 1.96 bits per heavy atom. The molecule has 6 nitrogen and oxygen atoms in total. The lowest BCUT2D eigenvalue weighted by atomic mass is 10.2. The third-order valence-corrected chi connectivity index (χ3v) is 4.80. The van der Waals surface area contributed by atoms with E-state index in [-0.39, 0.29) is 5.91 Å². The summed E-state index contributed by atoms with van der Waals surface area (Å²) >= 11 is 5.82. The Labute approximate surface area is 171 Å². The van der Waals surface area contributed by atoms with Crippen LogP contribution in [0, 0.1) is 0 Å². The first kappa shape index (κ1) is 20.1. The Balaban J connectivity index is 1.53. The fourth-order valence-corrected chi connectivity index (χ4v) is 3.21. The van der Waals surface area contributed by atoms with Gasteiger partial charge in [-0.3, -0.25) is 4.79 Å². The highest BCUT2D eigenvalue weighted by atomic mass is 35.5. The number of benzene rings is 1. The number of halogens is 1. The zero-order chi connectivity index (χ0) is 19.8. The van der Waals surface area contributed by atoms with Crippen molar-refractivity contribution in [1.82, 2.24) is 15.6 Å². The molecule has 1 aliphatic heterocycles. The molecule has 0 aliphatic carbocycles. The maximum atomic E-state index is 11.8. The molecule has 1 amide bonds. The van der Waals surface area contributed by atoms with Crippen molar-refractivity contribution in [2.45, 2.75) is 32.7 Å². The van der Waals surface area contributed by atoms with Crippen LogP contribution in [-0.4, -0.2) is 36.5 Å². The number of guanidine groups is 1. The lowest BCUT2D eigenvalue weighted by Crippen LogP contribution is -2.38. The van der Waals surface area contributed by atoms with Crippen molar-refractivity contribution in [2.75, 3.05) is 24.5 Å². The number of carbonyl (C=O) groups excluding carboxylic acids is 1. The molecular weight excluding hydrogens is 374 g/mol.